The van der Waals surface area contributed by atoms with Crippen LogP contribution in [0.1, 0.15) is 37.7 Å². The molecule has 1 N–H and O–H groups in total. The van der Waals surface area contributed by atoms with Crippen molar-refractivity contribution in [3.63, 3.8) is 0 Å². The normalized spacial score (nSPS) is 23.5. The minimum atomic E-state index is 0.0392. The van der Waals surface area contributed by atoms with E-state index in [9.17, 15) is 5.11 Å². The van der Waals surface area contributed by atoms with Crippen molar-refractivity contribution in [1.82, 2.24) is 19.6 Å². The predicted octanol–water partition coefficient (Wildman–Crippen LogP) is 2.91. The molecule has 0 amide bonds. The molecule has 0 bridgehead atoms. The highest BCUT2D eigenvalue weighted by Crippen LogP contribution is 2.31. The third-order valence-corrected chi connectivity index (χ3v) is 7.44. The van der Waals surface area contributed by atoms with Crippen LogP contribution in [0, 0.1) is 0 Å². The zero-order valence-electron chi connectivity index (χ0n) is 21.9. The van der Waals surface area contributed by atoms with Crippen LogP contribution in [0.4, 0.5) is 0 Å². The Morgan fingerprint density at radius 3 is 2.78 bits per heavy atom. The number of aliphatic hydroxyl groups excluding tert-OH is 1. The van der Waals surface area contributed by atoms with E-state index in [-0.39, 0.29) is 18.7 Å². The van der Waals surface area contributed by atoms with Gasteiger partial charge in [0.1, 0.15) is 11.5 Å². The number of methoxy groups -OCH3 is 2. The molecule has 2 atom stereocenters. The van der Waals surface area contributed by atoms with Crippen LogP contribution in [0.3, 0.4) is 0 Å². The molecule has 1 saturated heterocycles. The summed E-state index contributed by atoms with van der Waals surface area (Å²) in [4.78, 5) is 14.8. The van der Waals surface area contributed by atoms with Gasteiger partial charge in [0.25, 0.3) is 0 Å². The number of fused-ring (bicyclic) bond motifs is 1. The lowest BCUT2D eigenvalue weighted by atomic mass is 9.98. The molecular weight excluding hydrogens is 468 g/mol. The van der Waals surface area contributed by atoms with Crippen molar-refractivity contribution < 1.29 is 14.6 Å². The summed E-state index contributed by atoms with van der Waals surface area (Å²) >= 11 is 0. The highest BCUT2D eigenvalue weighted by molar-refractivity contribution is 6.38. The molecule has 0 spiro atoms. The summed E-state index contributed by atoms with van der Waals surface area (Å²) in [5.41, 5.74) is 3.86. The molecular formula is C28H38N6O3. The number of hydrogen-bond donors (Lipinski definition) is 1. The number of allylic oxidation sites excluding steroid dienone is 2. The smallest absolute Gasteiger partial charge is 0.120 e. The van der Waals surface area contributed by atoms with Crippen LogP contribution in [0.5, 0.6) is 0 Å². The van der Waals surface area contributed by atoms with Crippen molar-refractivity contribution >= 4 is 11.9 Å². The lowest BCUT2D eigenvalue weighted by molar-refractivity contribution is 0.205. The summed E-state index contributed by atoms with van der Waals surface area (Å²) in [5, 5.41) is 13.5. The number of hydrogen-bond acceptors (Lipinski definition) is 8. The standard InChI is InChI=1S/C28H38N6O3/c1-36-24-14-23(15-25(17-24)37-2)34(11-5-10-32-8-3-4-9-32)22-6-7-26-27(16-22)31-28(19-29-26)21-18-30-33(20-21)12-13-35/h6,14,16-20,23,26,35H,3-5,7-13,15H2,1-2H3. The summed E-state index contributed by atoms with van der Waals surface area (Å²) in [6, 6.07) is 0.178. The Kier molecular flexibility index (Phi) is 8.21. The number of rotatable bonds is 11. The predicted molar refractivity (Wildman–Crippen MR) is 144 cm³/mol. The molecule has 37 heavy (non-hydrogen) atoms. The van der Waals surface area contributed by atoms with E-state index in [2.05, 4.69) is 33.1 Å². The van der Waals surface area contributed by atoms with E-state index in [0.29, 0.717) is 6.54 Å². The van der Waals surface area contributed by atoms with E-state index in [4.69, 9.17) is 19.5 Å². The quantitative estimate of drug-likeness (QED) is 0.497. The summed E-state index contributed by atoms with van der Waals surface area (Å²) in [5.74, 6) is 1.76. The van der Waals surface area contributed by atoms with E-state index in [0.717, 1.165) is 60.8 Å². The van der Waals surface area contributed by atoms with Crippen molar-refractivity contribution in [3.05, 3.63) is 65.2 Å². The minimum Gasteiger partial charge on any atom is -0.501 e. The number of likely N-dealkylation sites (tertiary alicyclic amines) is 1. The Labute approximate surface area is 219 Å². The van der Waals surface area contributed by atoms with Gasteiger partial charge in [0.2, 0.25) is 0 Å². The molecule has 2 aliphatic carbocycles. The Bertz CT molecular complexity index is 1140. The second kappa shape index (κ2) is 11.9. The molecule has 1 fully saturated rings. The average Bonchev–Trinajstić information content (AvgIpc) is 3.63. The second-order valence-corrected chi connectivity index (χ2v) is 9.90. The SMILES string of the molecule is COC1=CC(N(CCCN2CCCC2)C2=CCC3N=CC(c4cnn(CCO)c4)=NC3=C2)CC(OC)=C1. The monoisotopic (exact) mass is 506 g/mol. The fourth-order valence-corrected chi connectivity index (χ4v) is 5.44. The van der Waals surface area contributed by atoms with Crippen LogP contribution in [0.15, 0.2) is 69.6 Å². The fourth-order valence-electron chi connectivity index (χ4n) is 5.44. The summed E-state index contributed by atoms with van der Waals surface area (Å²) < 4.78 is 13.0. The number of nitrogens with zero attached hydrogens (tertiary/aromatic N) is 6. The van der Waals surface area contributed by atoms with Gasteiger partial charge in [-0.05, 0) is 57.5 Å². The highest BCUT2D eigenvalue weighted by atomic mass is 16.5. The molecule has 1 aromatic rings. The number of aliphatic hydroxyl groups is 1. The maximum Gasteiger partial charge on any atom is 0.120 e. The Morgan fingerprint density at radius 1 is 1.14 bits per heavy atom. The minimum absolute atomic E-state index is 0.0392. The first kappa shape index (κ1) is 25.5. The molecule has 0 radical (unpaired) electrons. The van der Waals surface area contributed by atoms with Crippen LogP contribution in [-0.2, 0) is 16.0 Å². The molecule has 0 saturated carbocycles. The van der Waals surface area contributed by atoms with Crippen LogP contribution in [-0.4, -0.2) is 95.7 Å². The third kappa shape index (κ3) is 6.05. The Balaban J connectivity index is 1.38. The van der Waals surface area contributed by atoms with E-state index >= 15 is 0 Å². The van der Waals surface area contributed by atoms with Crippen molar-refractivity contribution in [3.8, 4) is 0 Å². The number of ether oxygens (including phenoxy) is 2. The average molecular weight is 507 g/mol. The lowest BCUT2D eigenvalue weighted by Crippen LogP contribution is -2.38. The van der Waals surface area contributed by atoms with E-state index < -0.39 is 0 Å². The molecule has 4 aliphatic rings. The van der Waals surface area contributed by atoms with Gasteiger partial charge >= 0.3 is 0 Å². The summed E-state index contributed by atoms with van der Waals surface area (Å²) in [6.45, 7) is 5.01. The zero-order chi connectivity index (χ0) is 25.6. The van der Waals surface area contributed by atoms with Gasteiger partial charge < -0.3 is 24.4 Å². The Hall–Kier alpha value is -3.17. The molecule has 2 unspecified atom stereocenters. The molecule has 9 nitrogen and oxygen atoms in total. The van der Waals surface area contributed by atoms with Crippen molar-refractivity contribution in [2.45, 2.75) is 50.7 Å². The van der Waals surface area contributed by atoms with E-state index in [1.165, 1.54) is 31.6 Å². The van der Waals surface area contributed by atoms with Gasteiger partial charge in [-0.3, -0.25) is 9.67 Å². The van der Waals surface area contributed by atoms with Gasteiger partial charge in [-0.2, -0.15) is 5.10 Å². The lowest BCUT2D eigenvalue weighted by Gasteiger charge is -2.37. The van der Waals surface area contributed by atoms with Gasteiger partial charge in [0.15, 0.2) is 0 Å². The summed E-state index contributed by atoms with van der Waals surface area (Å²) in [6.07, 6.45) is 19.6. The molecule has 3 heterocycles. The molecule has 5 rings (SSSR count). The molecule has 2 aliphatic heterocycles. The molecule has 198 valence electrons. The van der Waals surface area contributed by atoms with Gasteiger partial charge in [0.05, 0.1) is 57.1 Å². The maximum atomic E-state index is 9.21. The molecule has 0 aromatic carbocycles. The molecule has 9 heteroatoms. The van der Waals surface area contributed by atoms with Crippen LogP contribution >= 0.6 is 0 Å². The second-order valence-electron chi connectivity index (χ2n) is 9.90. The van der Waals surface area contributed by atoms with Crippen molar-refractivity contribution in [2.75, 3.05) is 47.0 Å². The van der Waals surface area contributed by atoms with E-state index in [1.54, 1.807) is 25.1 Å². The first-order valence-corrected chi connectivity index (χ1v) is 13.3. The Morgan fingerprint density at radius 2 is 2.00 bits per heavy atom. The van der Waals surface area contributed by atoms with Crippen LogP contribution < -0.4 is 0 Å². The first-order chi connectivity index (χ1) is 18.2. The fraction of sp³-hybridized carbons (Fsp3) is 0.536. The topological polar surface area (TPSA) is 87.7 Å². The first-order valence-electron chi connectivity index (χ1n) is 13.3. The maximum absolute atomic E-state index is 9.21. The van der Waals surface area contributed by atoms with Gasteiger partial charge in [-0.25, -0.2) is 4.99 Å². The van der Waals surface area contributed by atoms with Crippen LogP contribution in [0.2, 0.25) is 0 Å². The molecule has 1 aromatic heterocycles. The van der Waals surface area contributed by atoms with Gasteiger partial charge in [-0.15, -0.1) is 0 Å². The van der Waals surface area contributed by atoms with Crippen molar-refractivity contribution in [2.24, 2.45) is 9.98 Å². The largest absolute Gasteiger partial charge is 0.501 e. The van der Waals surface area contributed by atoms with Crippen molar-refractivity contribution in [1.29, 1.82) is 0 Å². The van der Waals surface area contributed by atoms with Crippen LogP contribution in [0.25, 0.3) is 0 Å². The number of aromatic nitrogens is 2. The summed E-state index contributed by atoms with van der Waals surface area (Å²) in [7, 11) is 3.44. The highest BCUT2D eigenvalue weighted by Gasteiger charge is 2.28. The van der Waals surface area contributed by atoms with E-state index in [1.807, 2.05) is 18.5 Å². The van der Waals surface area contributed by atoms with Gasteiger partial charge in [0, 0.05) is 42.7 Å². The number of aliphatic imine (C=N–C) groups is 2. The van der Waals surface area contributed by atoms with Gasteiger partial charge in [-0.1, -0.05) is 6.08 Å². The third-order valence-electron chi connectivity index (χ3n) is 7.44. The zero-order valence-corrected chi connectivity index (χ0v) is 21.9.